The number of hydrogen-bond acceptors (Lipinski definition) is 5. The van der Waals surface area contributed by atoms with Crippen molar-refractivity contribution in [3.05, 3.63) is 23.2 Å². The maximum Gasteiger partial charge on any atom is 0.257 e. The summed E-state index contributed by atoms with van der Waals surface area (Å²) in [5, 5.41) is 0. The van der Waals surface area contributed by atoms with Crippen LogP contribution in [-0.4, -0.2) is 74.7 Å². The Hall–Kier alpha value is -1.86. The lowest BCUT2D eigenvalue weighted by molar-refractivity contribution is -0.135. The van der Waals surface area contributed by atoms with Gasteiger partial charge >= 0.3 is 0 Å². The normalized spacial score (nSPS) is 14.6. The minimum absolute atomic E-state index is 0.0629. The summed E-state index contributed by atoms with van der Waals surface area (Å²) in [4.78, 5) is 28.7. The number of amides is 2. The highest BCUT2D eigenvalue weighted by atomic mass is 16.5. The molecule has 0 atom stereocenters. The number of methoxy groups -OCH3 is 1. The summed E-state index contributed by atoms with van der Waals surface area (Å²) in [6.45, 7) is 7.52. The van der Waals surface area contributed by atoms with Crippen LogP contribution in [0.15, 0.2) is 10.5 Å². The van der Waals surface area contributed by atoms with Crippen LogP contribution in [0.3, 0.4) is 0 Å². The van der Waals surface area contributed by atoms with Crippen LogP contribution in [0.4, 0.5) is 0 Å². The molecule has 1 aromatic heterocycles. The SMILES string of the molecule is COCCCN(CCC(=O)N1CCOCC1)C(=O)c1cc(C)oc1C. The minimum atomic E-state index is -0.0970. The molecule has 1 fully saturated rings. The molecule has 140 valence electrons. The van der Waals surface area contributed by atoms with E-state index in [1.807, 2.05) is 6.92 Å². The number of furan rings is 1. The molecule has 1 aromatic rings. The Labute approximate surface area is 148 Å². The molecular formula is C18H28N2O5. The zero-order valence-corrected chi connectivity index (χ0v) is 15.4. The Morgan fingerprint density at radius 3 is 2.56 bits per heavy atom. The summed E-state index contributed by atoms with van der Waals surface area (Å²) in [7, 11) is 1.64. The van der Waals surface area contributed by atoms with Crippen molar-refractivity contribution < 1.29 is 23.5 Å². The van der Waals surface area contributed by atoms with Gasteiger partial charge in [-0.05, 0) is 26.3 Å². The third kappa shape index (κ3) is 5.57. The van der Waals surface area contributed by atoms with Crippen molar-refractivity contribution in [2.24, 2.45) is 0 Å². The van der Waals surface area contributed by atoms with E-state index in [4.69, 9.17) is 13.9 Å². The number of ether oxygens (including phenoxy) is 2. The summed E-state index contributed by atoms with van der Waals surface area (Å²) in [6, 6.07) is 1.75. The molecule has 0 aromatic carbocycles. The summed E-state index contributed by atoms with van der Waals surface area (Å²) in [5.41, 5.74) is 0.564. The second-order valence-electron chi connectivity index (χ2n) is 6.21. The van der Waals surface area contributed by atoms with Crippen LogP contribution in [0, 0.1) is 13.8 Å². The summed E-state index contributed by atoms with van der Waals surface area (Å²) >= 11 is 0. The highest BCUT2D eigenvalue weighted by Gasteiger charge is 2.23. The molecule has 0 unspecified atom stereocenters. The van der Waals surface area contributed by atoms with Gasteiger partial charge in [0.05, 0.1) is 18.8 Å². The second-order valence-corrected chi connectivity index (χ2v) is 6.21. The smallest absolute Gasteiger partial charge is 0.257 e. The van der Waals surface area contributed by atoms with E-state index in [0.29, 0.717) is 69.5 Å². The molecule has 1 aliphatic rings. The van der Waals surface area contributed by atoms with Crippen molar-refractivity contribution in [1.82, 2.24) is 9.80 Å². The van der Waals surface area contributed by atoms with E-state index in [1.165, 1.54) is 0 Å². The summed E-state index contributed by atoms with van der Waals surface area (Å²) in [6.07, 6.45) is 1.04. The highest BCUT2D eigenvalue weighted by molar-refractivity contribution is 5.95. The van der Waals surface area contributed by atoms with E-state index in [2.05, 4.69) is 0 Å². The number of carbonyl (C=O) groups excluding carboxylic acids is 2. The molecule has 0 bridgehead atoms. The highest BCUT2D eigenvalue weighted by Crippen LogP contribution is 2.17. The lowest BCUT2D eigenvalue weighted by atomic mass is 10.2. The first-order valence-electron chi connectivity index (χ1n) is 8.73. The topological polar surface area (TPSA) is 72.2 Å². The van der Waals surface area contributed by atoms with Crippen molar-refractivity contribution in [3.8, 4) is 0 Å². The third-order valence-corrected chi connectivity index (χ3v) is 4.29. The Bertz CT molecular complexity index is 578. The van der Waals surface area contributed by atoms with Crippen LogP contribution in [0.1, 0.15) is 34.7 Å². The summed E-state index contributed by atoms with van der Waals surface area (Å²) < 4.78 is 15.8. The van der Waals surface area contributed by atoms with Gasteiger partial charge in [0.15, 0.2) is 0 Å². The standard InChI is InChI=1S/C18H28N2O5/c1-14-13-16(15(2)25-14)18(22)20(6-4-10-23-3)7-5-17(21)19-8-11-24-12-9-19/h13H,4-12H2,1-3H3. The molecule has 0 radical (unpaired) electrons. The lowest BCUT2D eigenvalue weighted by Crippen LogP contribution is -2.43. The van der Waals surface area contributed by atoms with Gasteiger partial charge in [-0.2, -0.15) is 0 Å². The molecule has 7 nitrogen and oxygen atoms in total. The van der Waals surface area contributed by atoms with E-state index in [9.17, 15) is 9.59 Å². The van der Waals surface area contributed by atoms with E-state index in [1.54, 1.807) is 29.9 Å². The maximum atomic E-state index is 12.8. The molecule has 0 saturated carbocycles. The molecule has 25 heavy (non-hydrogen) atoms. The zero-order chi connectivity index (χ0) is 18.2. The number of morpholine rings is 1. The number of aryl methyl sites for hydroxylation is 2. The quantitative estimate of drug-likeness (QED) is 0.665. The molecule has 0 spiro atoms. The molecule has 0 aliphatic carbocycles. The number of carbonyl (C=O) groups is 2. The third-order valence-electron chi connectivity index (χ3n) is 4.29. The first-order valence-corrected chi connectivity index (χ1v) is 8.73. The molecule has 0 N–H and O–H groups in total. The first-order chi connectivity index (χ1) is 12.0. The predicted octanol–water partition coefficient (Wildman–Crippen LogP) is 1.62. The van der Waals surface area contributed by atoms with Gasteiger partial charge in [-0.1, -0.05) is 0 Å². The second kappa shape index (κ2) is 9.58. The van der Waals surface area contributed by atoms with Crippen molar-refractivity contribution in [1.29, 1.82) is 0 Å². The van der Waals surface area contributed by atoms with Gasteiger partial charge in [0.1, 0.15) is 11.5 Å². The Morgan fingerprint density at radius 2 is 1.96 bits per heavy atom. The van der Waals surface area contributed by atoms with Crippen LogP contribution in [0.2, 0.25) is 0 Å². The molecule has 7 heteroatoms. The van der Waals surface area contributed by atoms with E-state index >= 15 is 0 Å². The van der Waals surface area contributed by atoms with Gasteiger partial charge in [-0.3, -0.25) is 9.59 Å². The number of rotatable bonds is 8. The van der Waals surface area contributed by atoms with E-state index in [0.717, 1.165) is 6.42 Å². The Kier molecular flexibility index (Phi) is 7.46. The zero-order valence-electron chi connectivity index (χ0n) is 15.4. The average molecular weight is 352 g/mol. The van der Waals surface area contributed by atoms with Crippen LogP contribution in [0.5, 0.6) is 0 Å². The van der Waals surface area contributed by atoms with E-state index < -0.39 is 0 Å². The molecule has 2 amide bonds. The van der Waals surface area contributed by atoms with Crippen molar-refractivity contribution in [2.75, 3.05) is 53.1 Å². The van der Waals surface area contributed by atoms with E-state index in [-0.39, 0.29) is 11.8 Å². The molecule has 2 heterocycles. The lowest BCUT2D eigenvalue weighted by Gasteiger charge is -2.28. The van der Waals surface area contributed by atoms with Gasteiger partial charge in [0.25, 0.3) is 5.91 Å². The van der Waals surface area contributed by atoms with Crippen molar-refractivity contribution in [3.63, 3.8) is 0 Å². The fourth-order valence-electron chi connectivity index (χ4n) is 2.93. The van der Waals surface area contributed by atoms with Crippen LogP contribution < -0.4 is 0 Å². The van der Waals surface area contributed by atoms with Gasteiger partial charge in [-0.15, -0.1) is 0 Å². The molecule has 1 aliphatic heterocycles. The summed E-state index contributed by atoms with van der Waals surface area (Å²) in [5.74, 6) is 1.29. The van der Waals surface area contributed by atoms with Crippen molar-refractivity contribution in [2.45, 2.75) is 26.7 Å². The predicted molar refractivity (Wildman–Crippen MR) is 92.6 cm³/mol. The minimum Gasteiger partial charge on any atom is -0.466 e. The van der Waals surface area contributed by atoms with Gasteiger partial charge in [-0.25, -0.2) is 0 Å². The maximum absolute atomic E-state index is 12.8. The van der Waals surface area contributed by atoms with Crippen LogP contribution >= 0.6 is 0 Å². The fraction of sp³-hybridized carbons (Fsp3) is 0.667. The van der Waals surface area contributed by atoms with Gasteiger partial charge in [0, 0.05) is 46.3 Å². The first kappa shape index (κ1) is 19.5. The monoisotopic (exact) mass is 352 g/mol. The Morgan fingerprint density at radius 1 is 1.24 bits per heavy atom. The number of nitrogens with zero attached hydrogens (tertiary/aromatic N) is 2. The molecule has 2 rings (SSSR count). The average Bonchev–Trinajstić information content (AvgIpc) is 2.96. The molecule has 1 saturated heterocycles. The van der Waals surface area contributed by atoms with Gasteiger partial charge in [0.2, 0.25) is 5.91 Å². The van der Waals surface area contributed by atoms with Gasteiger partial charge < -0.3 is 23.7 Å². The Balaban J connectivity index is 1.98. The van der Waals surface area contributed by atoms with Crippen molar-refractivity contribution >= 4 is 11.8 Å². The largest absolute Gasteiger partial charge is 0.466 e. The number of hydrogen-bond donors (Lipinski definition) is 0. The van der Waals surface area contributed by atoms with Crippen LogP contribution in [0.25, 0.3) is 0 Å². The molecular weight excluding hydrogens is 324 g/mol. The van der Waals surface area contributed by atoms with Crippen LogP contribution in [-0.2, 0) is 14.3 Å². The fourth-order valence-corrected chi connectivity index (χ4v) is 2.93.